The molecular weight excluding hydrogens is 433 g/mol. The number of hydrogen-bond donors (Lipinski definition) is 1. The minimum atomic E-state index is -0.531. The van der Waals surface area contributed by atoms with E-state index < -0.39 is 12.2 Å². The molecule has 0 fully saturated rings. The second-order valence-corrected chi connectivity index (χ2v) is 9.52. The third kappa shape index (κ3) is 5.08. The molecule has 0 bridgehead atoms. The summed E-state index contributed by atoms with van der Waals surface area (Å²) in [5.74, 6) is 0.534. The van der Waals surface area contributed by atoms with Gasteiger partial charge >= 0.3 is 0 Å². The van der Waals surface area contributed by atoms with Crippen LogP contribution in [0.3, 0.4) is 0 Å². The van der Waals surface area contributed by atoms with E-state index >= 15 is 0 Å². The Bertz CT molecular complexity index is 1020. The number of carbonyl (C=O) groups is 1. The quantitative estimate of drug-likeness (QED) is 0.542. The van der Waals surface area contributed by atoms with E-state index in [4.69, 9.17) is 15.2 Å². The number of rotatable bonds is 7. The molecule has 1 aliphatic rings. The number of aromatic nitrogens is 2. The molecule has 2 aromatic carbocycles. The van der Waals surface area contributed by atoms with Gasteiger partial charge in [-0.3, -0.25) is 4.79 Å². The van der Waals surface area contributed by atoms with Crippen molar-refractivity contribution in [2.45, 2.75) is 27.3 Å². The summed E-state index contributed by atoms with van der Waals surface area (Å²) >= 11 is 4.05. The van der Waals surface area contributed by atoms with Crippen LogP contribution in [-0.2, 0) is 21.9 Å². The van der Waals surface area contributed by atoms with Gasteiger partial charge in [0, 0.05) is 22.4 Å². The Morgan fingerprint density at radius 1 is 1.21 bits per heavy atom. The highest BCUT2D eigenvalue weighted by Gasteiger charge is 2.25. The van der Waals surface area contributed by atoms with Gasteiger partial charge in [0.15, 0.2) is 8.68 Å². The monoisotopic (exact) mass is 449 g/mol. The standard InChI is InChI=1S/C19H16FN3O3S3/c20-14-6-12-8-25-17(11-4-2-1-3-5-11)26-16(12)13(7-14)9-27-18-22-23-19(29-18)28-10-15(21)24/h1-7,17H,8-10H2,(H2,21,24)/t17-/m1/s1. The summed E-state index contributed by atoms with van der Waals surface area (Å²) in [6.07, 6.45) is -0.531. The lowest BCUT2D eigenvalue weighted by Crippen LogP contribution is -2.19. The molecule has 1 atom stereocenters. The summed E-state index contributed by atoms with van der Waals surface area (Å²) < 4.78 is 27.3. The molecule has 0 unspecified atom stereocenters. The van der Waals surface area contributed by atoms with Crippen LogP contribution >= 0.6 is 34.9 Å². The fourth-order valence-electron chi connectivity index (χ4n) is 2.74. The van der Waals surface area contributed by atoms with Crippen LogP contribution in [0.5, 0.6) is 5.75 Å². The minimum absolute atomic E-state index is 0.158. The second kappa shape index (κ2) is 9.12. The van der Waals surface area contributed by atoms with Crippen molar-refractivity contribution in [3.8, 4) is 5.75 Å². The number of primary amides is 1. The Kier molecular flexibility index (Phi) is 6.34. The molecule has 10 heteroatoms. The van der Waals surface area contributed by atoms with Crippen LogP contribution in [0.1, 0.15) is 23.0 Å². The number of ether oxygens (including phenoxy) is 2. The van der Waals surface area contributed by atoms with Gasteiger partial charge in [-0.2, -0.15) is 0 Å². The molecule has 0 aliphatic carbocycles. The third-order valence-electron chi connectivity index (χ3n) is 3.97. The predicted molar refractivity (Wildman–Crippen MR) is 110 cm³/mol. The van der Waals surface area contributed by atoms with Gasteiger partial charge in [0.1, 0.15) is 11.6 Å². The molecule has 1 aliphatic heterocycles. The number of halogens is 1. The maximum Gasteiger partial charge on any atom is 0.227 e. The van der Waals surface area contributed by atoms with Crippen molar-refractivity contribution in [1.29, 1.82) is 0 Å². The van der Waals surface area contributed by atoms with E-state index in [-0.39, 0.29) is 18.2 Å². The van der Waals surface area contributed by atoms with E-state index in [9.17, 15) is 9.18 Å². The van der Waals surface area contributed by atoms with Crippen LogP contribution < -0.4 is 10.5 Å². The van der Waals surface area contributed by atoms with Crippen molar-refractivity contribution in [1.82, 2.24) is 10.2 Å². The highest BCUT2D eigenvalue weighted by atomic mass is 32.2. The van der Waals surface area contributed by atoms with Gasteiger partial charge in [0.05, 0.1) is 12.4 Å². The number of amides is 1. The molecule has 0 saturated heterocycles. The van der Waals surface area contributed by atoms with Gasteiger partial charge < -0.3 is 15.2 Å². The highest BCUT2D eigenvalue weighted by molar-refractivity contribution is 8.03. The van der Waals surface area contributed by atoms with Gasteiger partial charge in [0.2, 0.25) is 12.2 Å². The van der Waals surface area contributed by atoms with Crippen LogP contribution in [0.2, 0.25) is 0 Å². The van der Waals surface area contributed by atoms with E-state index in [2.05, 4.69) is 10.2 Å². The number of carbonyl (C=O) groups excluding carboxylic acids is 1. The van der Waals surface area contributed by atoms with Gasteiger partial charge in [0.25, 0.3) is 0 Å². The lowest BCUT2D eigenvalue weighted by Gasteiger charge is -2.28. The summed E-state index contributed by atoms with van der Waals surface area (Å²) in [5.41, 5.74) is 7.47. The normalized spacial score (nSPS) is 15.6. The fraction of sp³-hybridized carbons (Fsp3) is 0.211. The van der Waals surface area contributed by atoms with Crippen LogP contribution in [-0.4, -0.2) is 21.9 Å². The summed E-state index contributed by atoms with van der Waals surface area (Å²) in [5, 5.41) is 8.14. The zero-order valence-corrected chi connectivity index (χ0v) is 17.5. The van der Waals surface area contributed by atoms with Crippen molar-refractivity contribution in [3.05, 3.63) is 65.0 Å². The first-order chi connectivity index (χ1) is 14.1. The maximum atomic E-state index is 14.1. The van der Waals surface area contributed by atoms with Gasteiger partial charge in [-0.25, -0.2) is 4.39 Å². The van der Waals surface area contributed by atoms with Gasteiger partial charge in [-0.15, -0.1) is 10.2 Å². The second-order valence-electron chi connectivity index (χ2n) is 6.10. The van der Waals surface area contributed by atoms with Crippen molar-refractivity contribution >= 4 is 40.8 Å². The van der Waals surface area contributed by atoms with Crippen molar-refractivity contribution in [2.75, 3.05) is 5.75 Å². The summed E-state index contributed by atoms with van der Waals surface area (Å²) in [7, 11) is 0. The Hall–Kier alpha value is -2.14. The molecular formula is C19H16FN3O3S3. The molecule has 0 radical (unpaired) electrons. The molecule has 150 valence electrons. The summed E-state index contributed by atoms with van der Waals surface area (Å²) in [6, 6.07) is 12.5. The first-order valence-electron chi connectivity index (χ1n) is 8.60. The molecule has 3 aromatic rings. The van der Waals surface area contributed by atoms with Crippen LogP contribution in [0.15, 0.2) is 51.1 Å². The molecule has 1 aromatic heterocycles. The molecule has 0 saturated carbocycles. The topological polar surface area (TPSA) is 87.3 Å². The van der Waals surface area contributed by atoms with Crippen molar-refractivity contribution in [3.63, 3.8) is 0 Å². The average Bonchev–Trinajstić information content (AvgIpc) is 3.18. The number of nitrogens with zero attached hydrogens (tertiary/aromatic N) is 2. The largest absolute Gasteiger partial charge is 0.460 e. The Morgan fingerprint density at radius 2 is 1.97 bits per heavy atom. The van der Waals surface area contributed by atoms with Crippen LogP contribution in [0.25, 0.3) is 0 Å². The average molecular weight is 450 g/mol. The van der Waals surface area contributed by atoms with E-state index in [1.807, 2.05) is 30.3 Å². The van der Waals surface area contributed by atoms with E-state index in [0.29, 0.717) is 21.4 Å². The maximum absolute atomic E-state index is 14.1. The lowest BCUT2D eigenvalue weighted by molar-refractivity contribution is -0.115. The Morgan fingerprint density at radius 3 is 2.72 bits per heavy atom. The number of fused-ring (bicyclic) bond motifs is 1. The summed E-state index contributed by atoms with van der Waals surface area (Å²) in [4.78, 5) is 10.9. The first kappa shape index (κ1) is 20.1. The Labute approximate surface area is 179 Å². The van der Waals surface area contributed by atoms with Gasteiger partial charge in [-0.1, -0.05) is 65.2 Å². The SMILES string of the molecule is NC(=O)CSc1nnc(SCc2cc(F)cc3c2O[C@H](c2ccccc2)OC3)s1. The third-order valence-corrected chi connectivity index (χ3v) is 7.23. The van der Waals surface area contributed by atoms with Gasteiger partial charge in [-0.05, 0) is 12.1 Å². The molecule has 4 rings (SSSR count). The molecule has 29 heavy (non-hydrogen) atoms. The molecule has 2 N–H and O–H groups in total. The number of nitrogens with two attached hydrogens (primary N) is 1. The summed E-state index contributed by atoms with van der Waals surface area (Å²) in [6.45, 7) is 0.275. The lowest BCUT2D eigenvalue weighted by atomic mass is 10.1. The minimum Gasteiger partial charge on any atom is -0.460 e. The number of hydrogen-bond acceptors (Lipinski definition) is 8. The van der Waals surface area contributed by atoms with E-state index in [1.54, 1.807) is 0 Å². The van der Waals surface area contributed by atoms with Crippen LogP contribution in [0, 0.1) is 5.82 Å². The Balaban J connectivity index is 1.48. The number of thioether (sulfide) groups is 2. The molecule has 2 heterocycles. The molecule has 6 nitrogen and oxygen atoms in total. The molecule has 0 spiro atoms. The van der Waals surface area contributed by atoms with E-state index in [1.165, 1.54) is 47.0 Å². The predicted octanol–water partition coefficient (Wildman–Crippen LogP) is 4.15. The van der Waals surface area contributed by atoms with E-state index in [0.717, 1.165) is 15.5 Å². The smallest absolute Gasteiger partial charge is 0.227 e. The number of benzene rings is 2. The first-order valence-corrected chi connectivity index (χ1v) is 11.4. The zero-order chi connectivity index (χ0) is 20.2. The highest BCUT2D eigenvalue weighted by Crippen LogP contribution is 2.39. The fourth-order valence-corrected chi connectivity index (χ4v) is 5.47. The molecule has 1 amide bonds. The van der Waals surface area contributed by atoms with Crippen LogP contribution in [0.4, 0.5) is 4.39 Å². The van der Waals surface area contributed by atoms with Crippen molar-refractivity contribution in [2.24, 2.45) is 5.73 Å². The zero-order valence-electron chi connectivity index (χ0n) is 15.0. The van der Waals surface area contributed by atoms with Crippen molar-refractivity contribution < 1.29 is 18.7 Å².